The summed E-state index contributed by atoms with van der Waals surface area (Å²) in [4.78, 5) is 2.44. The number of hydrogen-bond donors (Lipinski definition) is 1. The molecular weight excluding hydrogens is 228 g/mol. The van der Waals surface area contributed by atoms with Gasteiger partial charge in [-0.1, -0.05) is 20.8 Å². The quantitative estimate of drug-likeness (QED) is 0.608. The highest BCUT2D eigenvalue weighted by molar-refractivity contribution is 4.78. The van der Waals surface area contributed by atoms with Gasteiger partial charge in [0.1, 0.15) is 0 Å². The minimum absolute atomic E-state index is 0.302. The summed E-state index contributed by atoms with van der Waals surface area (Å²) in [6.45, 7) is 11.0. The molecule has 0 saturated carbocycles. The van der Waals surface area contributed by atoms with Crippen LogP contribution in [0.5, 0.6) is 0 Å². The van der Waals surface area contributed by atoms with Gasteiger partial charge in [0.15, 0.2) is 0 Å². The zero-order valence-corrected chi connectivity index (χ0v) is 12.9. The highest BCUT2D eigenvalue weighted by Crippen LogP contribution is 2.23. The molecule has 18 heavy (non-hydrogen) atoms. The average Bonchev–Trinajstić information content (AvgIpc) is 2.29. The molecule has 110 valence electrons. The van der Waals surface area contributed by atoms with Crippen LogP contribution in [0.15, 0.2) is 0 Å². The predicted molar refractivity (Wildman–Crippen MR) is 76.9 cm³/mol. The summed E-state index contributed by atoms with van der Waals surface area (Å²) < 4.78 is 10.3. The Morgan fingerprint density at radius 3 is 2.11 bits per heavy atom. The van der Waals surface area contributed by atoms with Crippen molar-refractivity contribution < 1.29 is 9.47 Å². The van der Waals surface area contributed by atoms with E-state index in [0.717, 1.165) is 39.1 Å². The fourth-order valence-electron chi connectivity index (χ4n) is 2.17. The second-order valence-electron chi connectivity index (χ2n) is 6.03. The van der Waals surface area contributed by atoms with Gasteiger partial charge in [0.25, 0.3) is 0 Å². The Labute approximate surface area is 113 Å². The van der Waals surface area contributed by atoms with Crippen LogP contribution in [0, 0.1) is 5.41 Å². The lowest BCUT2D eigenvalue weighted by Crippen LogP contribution is -2.45. The summed E-state index contributed by atoms with van der Waals surface area (Å²) in [5.74, 6) is 0. The van der Waals surface area contributed by atoms with Crippen LogP contribution < -0.4 is 5.73 Å². The van der Waals surface area contributed by atoms with Gasteiger partial charge in [-0.05, 0) is 18.3 Å². The molecule has 0 aliphatic heterocycles. The van der Waals surface area contributed by atoms with Gasteiger partial charge < -0.3 is 15.2 Å². The minimum Gasteiger partial charge on any atom is -0.385 e. The Bertz CT molecular complexity index is 193. The Balaban J connectivity index is 4.36. The zero-order valence-electron chi connectivity index (χ0n) is 12.9. The van der Waals surface area contributed by atoms with Crippen LogP contribution in [-0.4, -0.2) is 58.0 Å². The third-order valence-corrected chi connectivity index (χ3v) is 3.01. The minimum atomic E-state index is 0.302. The number of hydrogen-bond acceptors (Lipinski definition) is 4. The number of ether oxygens (including phenoxy) is 2. The van der Waals surface area contributed by atoms with E-state index in [2.05, 4.69) is 25.7 Å². The van der Waals surface area contributed by atoms with E-state index in [9.17, 15) is 0 Å². The summed E-state index contributed by atoms with van der Waals surface area (Å²) in [7, 11) is 3.49. The molecule has 0 fully saturated rings. The third kappa shape index (κ3) is 8.86. The lowest BCUT2D eigenvalue weighted by atomic mass is 9.87. The van der Waals surface area contributed by atoms with Crippen LogP contribution in [0.1, 0.15) is 33.6 Å². The van der Waals surface area contributed by atoms with Crippen molar-refractivity contribution in [1.29, 1.82) is 0 Å². The lowest BCUT2D eigenvalue weighted by molar-refractivity contribution is 0.0913. The Morgan fingerprint density at radius 1 is 1.06 bits per heavy atom. The van der Waals surface area contributed by atoms with Crippen molar-refractivity contribution in [3.63, 3.8) is 0 Å². The maximum absolute atomic E-state index is 5.94. The van der Waals surface area contributed by atoms with Crippen LogP contribution >= 0.6 is 0 Å². The first-order chi connectivity index (χ1) is 8.44. The first-order valence-electron chi connectivity index (χ1n) is 6.86. The normalized spacial score (nSPS) is 14.2. The fourth-order valence-corrected chi connectivity index (χ4v) is 2.17. The summed E-state index contributed by atoms with van der Waals surface area (Å²) >= 11 is 0. The molecule has 0 rings (SSSR count). The monoisotopic (exact) mass is 260 g/mol. The van der Waals surface area contributed by atoms with E-state index < -0.39 is 0 Å². The predicted octanol–water partition coefficient (Wildman–Crippen LogP) is 1.73. The van der Waals surface area contributed by atoms with Gasteiger partial charge in [-0.25, -0.2) is 0 Å². The standard InChI is InChI=1S/C14H32N2O2/c1-14(2,3)11-13(12-15)16(8-10-18-5)7-6-9-17-4/h13H,6-12,15H2,1-5H3. The number of methoxy groups -OCH3 is 2. The van der Waals surface area contributed by atoms with E-state index in [1.807, 2.05) is 0 Å². The molecular formula is C14H32N2O2. The van der Waals surface area contributed by atoms with Gasteiger partial charge in [0, 0.05) is 46.5 Å². The van der Waals surface area contributed by atoms with Gasteiger partial charge in [0.2, 0.25) is 0 Å². The Hall–Kier alpha value is -0.160. The molecule has 0 spiro atoms. The average molecular weight is 260 g/mol. The van der Waals surface area contributed by atoms with Gasteiger partial charge in [-0.15, -0.1) is 0 Å². The molecule has 0 aromatic carbocycles. The largest absolute Gasteiger partial charge is 0.385 e. The van der Waals surface area contributed by atoms with Crippen molar-refractivity contribution in [2.45, 2.75) is 39.7 Å². The SMILES string of the molecule is COCCCN(CCOC)C(CN)CC(C)(C)C. The third-order valence-electron chi connectivity index (χ3n) is 3.01. The lowest BCUT2D eigenvalue weighted by Gasteiger charge is -2.35. The van der Waals surface area contributed by atoms with Gasteiger partial charge in [-0.3, -0.25) is 4.90 Å². The van der Waals surface area contributed by atoms with Crippen molar-refractivity contribution in [1.82, 2.24) is 4.90 Å². The summed E-state index contributed by atoms with van der Waals surface area (Å²) in [5, 5.41) is 0. The maximum Gasteiger partial charge on any atom is 0.0589 e. The van der Waals surface area contributed by atoms with Gasteiger partial charge >= 0.3 is 0 Å². The van der Waals surface area contributed by atoms with Crippen LogP contribution in [0.2, 0.25) is 0 Å². The molecule has 1 atom stereocenters. The van der Waals surface area contributed by atoms with E-state index >= 15 is 0 Å². The number of nitrogens with two attached hydrogens (primary N) is 1. The van der Waals surface area contributed by atoms with E-state index in [1.54, 1.807) is 14.2 Å². The van der Waals surface area contributed by atoms with Crippen LogP contribution in [0.25, 0.3) is 0 Å². The van der Waals surface area contributed by atoms with Crippen molar-refractivity contribution in [2.75, 3.05) is 47.1 Å². The summed E-state index contributed by atoms with van der Waals surface area (Å²) in [6.07, 6.45) is 2.15. The molecule has 0 radical (unpaired) electrons. The molecule has 4 heteroatoms. The van der Waals surface area contributed by atoms with Crippen LogP contribution in [0.3, 0.4) is 0 Å². The van der Waals surface area contributed by atoms with E-state index in [-0.39, 0.29) is 0 Å². The molecule has 1 unspecified atom stereocenters. The fraction of sp³-hybridized carbons (Fsp3) is 1.00. The molecule has 0 aromatic rings. The molecule has 0 aliphatic rings. The highest BCUT2D eigenvalue weighted by Gasteiger charge is 2.22. The van der Waals surface area contributed by atoms with E-state index in [1.165, 1.54) is 0 Å². The highest BCUT2D eigenvalue weighted by atomic mass is 16.5. The second kappa shape index (κ2) is 9.73. The molecule has 0 bridgehead atoms. The molecule has 4 nitrogen and oxygen atoms in total. The van der Waals surface area contributed by atoms with Crippen LogP contribution in [-0.2, 0) is 9.47 Å². The molecule has 0 amide bonds. The maximum atomic E-state index is 5.94. The summed E-state index contributed by atoms with van der Waals surface area (Å²) in [5.41, 5.74) is 6.25. The molecule has 2 N–H and O–H groups in total. The Kier molecular flexibility index (Phi) is 9.64. The molecule has 0 aliphatic carbocycles. The first-order valence-corrected chi connectivity index (χ1v) is 6.86. The van der Waals surface area contributed by atoms with Crippen LogP contribution in [0.4, 0.5) is 0 Å². The van der Waals surface area contributed by atoms with Crippen molar-refractivity contribution in [3.8, 4) is 0 Å². The van der Waals surface area contributed by atoms with Crippen molar-refractivity contribution >= 4 is 0 Å². The topological polar surface area (TPSA) is 47.7 Å². The zero-order chi connectivity index (χ0) is 14.0. The van der Waals surface area contributed by atoms with Gasteiger partial charge in [-0.2, -0.15) is 0 Å². The number of nitrogens with zero attached hydrogens (tertiary/aromatic N) is 1. The first kappa shape index (κ1) is 17.8. The Morgan fingerprint density at radius 2 is 1.67 bits per heavy atom. The van der Waals surface area contributed by atoms with E-state index in [0.29, 0.717) is 18.0 Å². The summed E-state index contributed by atoms with van der Waals surface area (Å²) in [6, 6.07) is 0.428. The molecule has 0 aromatic heterocycles. The number of rotatable bonds is 10. The van der Waals surface area contributed by atoms with E-state index in [4.69, 9.17) is 15.2 Å². The van der Waals surface area contributed by atoms with Crippen molar-refractivity contribution in [3.05, 3.63) is 0 Å². The smallest absolute Gasteiger partial charge is 0.0589 e. The van der Waals surface area contributed by atoms with Crippen molar-refractivity contribution in [2.24, 2.45) is 11.1 Å². The molecule has 0 saturated heterocycles. The second-order valence-corrected chi connectivity index (χ2v) is 6.03. The molecule has 0 heterocycles. The van der Waals surface area contributed by atoms with Gasteiger partial charge in [0.05, 0.1) is 6.61 Å².